The normalized spacial score (nSPS) is 12.5. The van der Waals surface area contributed by atoms with E-state index in [2.05, 4.69) is 63.2 Å². The van der Waals surface area contributed by atoms with Gasteiger partial charge in [-0.15, -0.1) is 0 Å². The Bertz CT molecular complexity index is 360. The van der Waals surface area contributed by atoms with Crippen LogP contribution < -0.4 is 10.2 Å². The molecule has 0 heterocycles. The zero-order chi connectivity index (χ0) is 13.5. The van der Waals surface area contributed by atoms with E-state index in [-0.39, 0.29) is 0 Å². The van der Waals surface area contributed by atoms with Crippen LogP contribution in [0.5, 0.6) is 0 Å². The summed E-state index contributed by atoms with van der Waals surface area (Å²) in [5, 5.41) is 3.49. The van der Waals surface area contributed by atoms with Crippen molar-refractivity contribution in [3.05, 3.63) is 29.3 Å². The van der Waals surface area contributed by atoms with Gasteiger partial charge in [-0.1, -0.05) is 31.5 Å². The van der Waals surface area contributed by atoms with Crippen LogP contribution in [0.3, 0.4) is 0 Å². The molecule has 0 fully saturated rings. The Balaban J connectivity index is 2.51. The number of hydrogen-bond donors (Lipinski definition) is 1. The van der Waals surface area contributed by atoms with Crippen LogP contribution in [0, 0.1) is 19.8 Å². The van der Waals surface area contributed by atoms with Crippen LogP contribution in [0.1, 0.15) is 31.4 Å². The summed E-state index contributed by atoms with van der Waals surface area (Å²) < 4.78 is 0. The molecule has 0 saturated heterocycles. The average molecular weight is 248 g/mol. The molecule has 0 aliphatic carbocycles. The van der Waals surface area contributed by atoms with Crippen molar-refractivity contribution in [1.82, 2.24) is 5.32 Å². The topological polar surface area (TPSA) is 15.3 Å². The molecule has 0 radical (unpaired) electrons. The van der Waals surface area contributed by atoms with Crippen molar-refractivity contribution in [2.75, 3.05) is 31.6 Å². The molecule has 0 saturated carbocycles. The fraction of sp³-hybridized carbons (Fsp3) is 0.625. The van der Waals surface area contributed by atoms with Crippen molar-refractivity contribution >= 4 is 5.69 Å². The molecular formula is C16H28N2. The number of hydrogen-bond acceptors (Lipinski definition) is 2. The van der Waals surface area contributed by atoms with Crippen LogP contribution in [0.4, 0.5) is 5.69 Å². The lowest BCUT2D eigenvalue weighted by molar-refractivity contribution is 0.512. The molecule has 0 aromatic heterocycles. The summed E-state index contributed by atoms with van der Waals surface area (Å²) in [6, 6.07) is 6.68. The molecule has 1 atom stereocenters. The van der Waals surface area contributed by atoms with E-state index in [0.717, 1.165) is 19.6 Å². The maximum absolute atomic E-state index is 3.49. The van der Waals surface area contributed by atoms with E-state index in [0.29, 0.717) is 5.92 Å². The standard InChI is InChI=1S/C16H28N2/c1-6-9-17-11-14(3)12-18(5)16-8-7-13(2)10-15(16)4/h7-8,10,14,17H,6,9,11-12H2,1-5H3. The Morgan fingerprint density at radius 1 is 1.28 bits per heavy atom. The van der Waals surface area contributed by atoms with Gasteiger partial charge in [0.1, 0.15) is 0 Å². The lowest BCUT2D eigenvalue weighted by Gasteiger charge is -2.25. The second-order valence-corrected chi connectivity index (χ2v) is 5.48. The fourth-order valence-electron chi connectivity index (χ4n) is 2.39. The number of anilines is 1. The number of nitrogens with one attached hydrogen (secondary N) is 1. The van der Waals surface area contributed by atoms with Gasteiger partial charge in [-0.3, -0.25) is 0 Å². The summed E-state index contributed by atoms with van der Waals surface area (Å²) in [4.78, 5) is 2.37. The molecule has 1 aromatic carbocycles. The molecule has 1 aromatic rings. The maximum Gasteiger partial charge on any atom is 0.0393 e. The van der Waals surface area contributed by atoms with Crippen LogP contribution in [0.2, 0.25) is 0 Å². The molecule has 1 unspecified atom stereocenters. The van der Waals surface area contributed by atoms with E-state index in [4.69, 9.17) is 0 Å². The van der Waals surface area contributed by atoms with Crippen LogP contribution in [0.25, 0.3) is 0 Å². The SMILES string of the molecule is CCCNCC(C)CN(C)c1ccc(C)cc1C. The molecule has 0 aliphatic rings. The summed E-state index contributed by atoms with van der Waals surface area (Å²) in [6.07, 6.45) is 1.21. The van der Waals surface area contributed by atoms with Crippen LogP contribution in [-0.4, -0.2) is 26.7 Å². The predicted octanol–water partition coefficient (Wildman–Crippen LogP) is 3.38. The van der Waals surface area contributed by atoms with Gasteiger partial charge in [0.05, 0.1) is 0 Å². The summed E-state index contributed by atoms with van der Waals surface area (Å²) in [5.41, 5.74) is 4.05. The Kier molecular flexibility index (Phi) is 6.20. The molecular weight excluding hydrogens is 220 g/mol. The van der Waals surface area contributed by atoms with Crippen molar-refractivity contribution in [2.24, 2.45) is 5.92 Å². The van der Waals surface area contributed by atoms with Gasteiger partial charge in [-0.05, 0) is 50.9 Å². The molecule has 1 rings (SSSR count). The molecule has 102 valence electrons. The second-order valence-electron chi connectivity index (χ2n) is 5.48. The molecule has 0 bridgehead atoms. The van der Waals surface area contributed by atoms with Gasteiger partial charge in [0.15, 0.2) is 0 Å². The zero-order valence-corrected chi connectivity index (χ0v) is 12.6. The third-order valence-corrected chi connectivity index (χ3v) is 3.27. The van der Waals surface area contributed by atoms with Crippen molar-refractivity contribution in [1.29, 1.82) is 0 Å². The van der Waals surface area contributed by atoms with Crippen molar-refractivity contribution < 1.29 is 0 Å². The van der Waals surface area contributed by atoms with Gasteiger partial charge in [0.25, 0.3) is 0 Å². The van der Waals surface area contributed by atoms with Crippen LogP contribution in [0.15, 0.2) is 18.2 Å². The summed E-state index contributed by atoms with van der Waals surface area (Å²) in [5.74, 6) is 0.669. The highest BCUT2D eigenvalue weighted by Gasteiger charge is 2.09. The lowest BCUT2D eigenvalue weighted by Crippen LogP contribution is -2.31. The number of rotatable bonds is 7. The Labute approximate surface area is 112 Å². The lowest BCUT2D eigenvalue weighted by atomic mass is 10.1. The first kappa shape index (κ1) is 15.0. The average Bonchev–Trinajstić information content (AvgIpc) is 2.28. The Hall–Kier alpha value is -1.02. The van der Waals surface area contributed by atoms with Gasteiger partial charge in [0, 0.05) is 19.3 Å². The number of benzene rings is 1. The Morgan fingerprint density at radius 3 is 2.61 bits per heavy atom. The van der Waals surface area contributed by atoms with E-state index in [1.807, 2.05) is 0 Å². The van der Waals surface area contributed by atoms with E-state index in [1.165, 1.54) is 23.2 Å². The minimum atomic E-state index is 0.669. The smallest absolute Gasteiger partial charge is 0.0393 e. The second kappa shape index (κ2) is 7.42. The highest BCUT2D eigenvalue weighted by atomic mass is 15.1. The van der Waals surface area contributed by atoms with Crippen molar-refractivity contribution in [2.45, 2.75) is 34.1 Å². The molecule has 0 spiro atoms. The first-order chi connectivity index (χ1) is 8.54. The summed E-state index contributed by atoms with van der Waals surface area (Å²) in [7, 11) is 2.19. The van der Waals surface area contributed by atoms with Crippen LogP contribution in [-0.2, 0) is 0 Å². The predicted molar refractivity (Wildman–Crippen MR) is 81.5 cm³/mol. The first-order valence-electron chi connectivity index (χ1n) is 7.03. The molecule has 2 heteroatoms. The molecule has 18 heavy (non-hydrogen) atoms. The van der Waals surface area contributed by atoms with Crippen molar-refractivity contribution in [3.63, 3.8) is 0 Å². The van der Waals surface area contributed by atoms with E-state index in [1.54, 1.807) is 0 Å². The van der Waals surface area contributed by atoms with E-state index >= 15 is 0 Å². The van der Waals surface area contributed by atoms with E-state index in [9.17, 15) is 0 Å². The van der Waals surface area contributed by atoms with Gasteiger partial charge < -0.3 is 10.2 Å². The Morgan fingerprint density at radius 2 is 2.00 bits per heavy atom. The third kappa shape index (κ3) is 4.69. The largest absolute Gasteiger partial charge is 0.374 e. The fourth-order valence-corrected chi connectivity index (χ4v) is 2.39. The molecule has 2 nitrogen and oxygen atoms in total. The highest BCUT2D eigenvalue weighted by molar-refractivity contribution is 5.53. The number of aryl methyl sites for hydroxylation is 2. The molecule has 0 amide bonds. The van der Waals surface area contributed by atoms with Gasteiger partial charge >= 0.3 is 0 Å². The highest BCUT2D eigenvalue weighted by Crippen LogP contribution is 2.20. The van der Waals surface area contributed by atoms with Crippen LogP contribution >= 0.6 is 0 Å². The van der Waals surface area contributed by atoms with Gasteiger partial charge in [0.2, 0.25) is 0 Å². The van der Waals surface area contributed by atoms with E-state index < -0.39 is 0 Å². The minimum Gasteiger partial charge on any atom is -0.374 e. The summed E-state index contributed by atoms with van der Waals surface area (Å²) >= 11 is 0. The first-order valence-corrected chi connectivity index (χ1v) is 7.03. The van der Waals surface area contributed by atoms with Gasteiger partial charge in [-0.2, -0.15) is 0 Å². The minimum absolute atomic E-state index is 0.669. The molecule has 0 aliphatic heterocycles. The zero-order valence-electron chi connectivity index (χ0n) is 12.6. The molecule has 1 N–H and O–H groups in total. The van der Waals surface area contributed by atoms with Crippen molar-refractivity contribution in [3.8, 4) is 0 Å². The summed E-state index contributed by atoms with van der Waals surface area (Å²) in [6.45, 7) is 12.2. The monoisotopic (exact) mass is 248 g/mol. The maximum atomic E-state index is 3.49. The quantitative estimate of drug-likeness (QED) is 0.744. The van der Waals surface area contributed by atoms with Gasteiger partial charge in [-0.25, -0.2) is 0 Å². The third-order valence-electron chi connectivity index (χ3n) is 3.27. The number of nitrogens with zero attached hydrogens (tertiary/aromatic N) is 1.